The van der Waals surface area contributed by atoms with E-state index >= 15 is 0 Å². The maximum Gasteiger partial charge on any atom is 0.128 e. The van der Waals surface area contributed by atoms with E-state index in [4.69, 9.17) is 26.6 Å². The number of ether oxygens (including phenoxy) is 1. The molecular formula is C26H23N5O. The normalized spacial score (nSPS) is 17.3. The minimum Gasteiger partial charge on any atom is -0.483 e. The molecule has 32 heavy (non-hydrogen) atoms. The Morgan fingerprint density at radius 1 is 1.16 bits per heavy atom. The number of allylic oxidation sites excluding steroid dienone is 2. The van der Waals surface area contributed by atoms with Crippen molar-refractivity contribution in [3.63, 3.8) is 0 Å². The Morgan fingerprint density at radius 3 is 2.59 bits per heavy atom. The highest BCUT2D eigenvalue weighted by atomic mass is 16.5. The third kappa shape index (κ3) is 4.23. The van der Waals surface area contributed by atoms with Crippen LogP contribution >= 0.6 is 0 Å². The molecule has 6 nitrogen and oxygen atoms in total. The van der Waals surface area contributed by atoms with Gasteiger partial charge in [0, 0.05) is 17.7 Å². The summed E-state index contributed by atoms with van der Waals surface area (Å²) in [6, 6.07) is 20.7. The average molecular weight is 422 g/mol. The largest absolute Gasteiger partial charge is 0.483 e. The van der Waals surface area contributed by atoms with Gasteiger partial charge in [0.25, 0.3) is 0 Å². The van der Waals surface area contributed by atoms with Gasteiger partial charge < -0.3 is 16.2 Å². The van der Waals surface area contributed by atoms with Crippen molar-refractivity contribution in [1.82, 2.24) is 4.98 Å². The molecule has 0 spiro atoms. The second-order valence-electron chi connectivity index (χ2n) is 7.85. The number of benzene rings is 2. The topological polar surface area (TPSA) is 122 Å². The Hall–Kier alpha value is -4.37. The molecule has 1 aromatic heterocycles. The van der Waals surface area contributed by atoms with Gasteiger partial charge >= 0.3 is 0 Å². The van der Waals surface area contributed by atoms with Gasteiger partial charge in [-0.15, -0.1) is 0 Å². The third-order valence-corrected chi connectivity index (χ3v) is 5.32. The van der Waals surface area contributed by atoms with Crippen LogP contribution < -0.4 is 16.2 Å². The zero-order chi connectivity index (χ0) is 22.7. The van der Waals surface area contributed by atoms with E-state index in [0.717, 1.165) is 16.9 Å². The van der Waals surface area contributed by atoms with Gasteiger partial charge in [-0.1, -0.05) is 42.5 Å². The number of hydrogen-bond donors (Lipinski definition) is 3. The smallest absolute Gasteiger partial charge is 0.128 e. The fraction of sp³-hybridized carbons (Fsp3) is 0.115. The lowest BCUT2D eigenvalue weighted by Crippen LogP contribution is -2.30. The number of nitriles is 1. The Kier molecular flexibility index (Phi) is 5.48. The molecule has 1 unspecified atom stereocenters. The van der Waals surface area contributed by atoms with E-state index in [-0.39, 0.29) is 5.84 Å². The van der Waals surface area contributed by atoms with E-state index in [0.29, 0.717) is 34.6 Å². The lowest BCUT2D eigenvalue weighted by atomic mass is 9.90. The summed E-state index contributed by atoms with van der Waals surface area (Å²) in [4.78, 5) is 4.79. The number of anilines is 1. The molecule has 0 bridgehead atoms. The molecule has 3 aromatic rings. The molecule has 0 saturated heterocycles. The Morgan fingerprint density at radius 2 is 1.94 bits per heavy atom. The number of nitrogens with zero attached hydrogens (tertiary/aromatic N) is 2. The van der Waals surface area contributed by atoms with E-state index in [2.05, 4.69) is 6.07 Å². The van der Waals surface area contributed by atoms with Crippen molar-refractivity contribution < 1.29 is 4.74 Å². The molecule has 0 aliphatic heterocycles. The molecule has 1 aliphatic rings. The summed E-state index contributed by atoms with van der Waals surface area (Å²) >= 11 is 0. The first-order valence-corrected chi connectivity index (χ1v) is 10.2. The quantitative estimate of drug-likeness (QED) is 0.408. The molecule has 2 aromatic carbocycles. The second kappa shape index (κ2) is 8.40. The zero-order valence-electron chi connectivity index (χ0n) is 17.7. The van der Waals surface area contributed by atoms with Crippen LogP contribution in [0, 0.1) is 16.7 Å². The van der Waals surface area contributed by atoms with Crippen molar-refractivity contribution in [3.8, 4) is 23.1 Å². The highest BCUT2D eigenvalue weighted by molar-refractivity contribution is 6.05. The van der Waals surface area contributed by atoms with Crippen molar-refractivity contribution in [2.45, 2.75) is 18.9 Å². The zero-order valence-corrected chi connectivity index (χ0v) is 17.7. The predicted molar refractivity (Wildman–Crippen MR) is 127 cm³/mol. The molecule has 0 radical (unpaired) electrons. The van der Waals surface area contributed by atoms with Gasteiger partial charge in [0.2, 0.25) is 0 Å². The van der Waals surface area contributed by atoms with Crippen molar-refractivity contribution in [2.75, 3.05) is 5.73 Å². The summed E-state index contributed by atoms with van der Waals surface area (Å²) in [6.45, 7) is 2.02. The number of amidine groups is 1. The third-order valence-electron chi connectivity index (χ3n) is 5.32. The Bertz CT molecular complexity index is 1290. The molecule has 0 amide bonds. The standard InChI is InChI=1S/C26H23N5O/c1-26(32-20-8-3-2-4-9-20)12-10-18(11-13-26)24-23(25(29)30)21(28)15-22(31-24)19-7-5-6-17(14-19)16-27/h2-12,14-15H,13H2,1H3,(H2,28,31)(H3,29,30). The number of nitrogen functional groups attached to an aromatic ring is 2. The number of rotatable bonds is 5. The predicted octanol–water partition coefficient (Wildman–Crippen LogP) is 4.67. The van der Waals surface area contributed by atoms with E-state index in [9.17, 15) is 5.26 Å². The molecule has 6 heteroatoms. The van der Waals surface area contributed by atoms with Gasteiger partial charge in [0.1, 0.15) is 17.2 Å². The minimum absolute atomic E-state index is 0.148. The van der Waals surface area contributed by atoms with Gasteiger partial charge in [-0.25, -0.2) is 4.98 Å². The number of para-hydroxylation sites is 1. The van der Waals surface area contributed by atoms with Crippen LogP contribution in [-0.4, -0.2) is 16.4 Å². The molecular weight excluding hydrogens is 398 g/mol. The van der Waals surface area contributed by atoms with Crippen LogP contribution in [0.15, 0.2) is 78.9 Å². The first kappa shape index (κ1) is 20.9. The van der Waals surface area contributed by atoms with Crippen molar-refractivity contribution in [3.05, 3.63) is 95.7 Å². The highest BCUT2D eigenvalue weighted by Gasteiger charge is 2.27. The maximum atomic E-state index is 9.22. The molecule has 4 rings (SSSR count). The first-order valence-electron chi connectivity index (χ1n) is 10.2. The molecule has 0 saturated carbocycles. The molecule has 1 aliphatic carbocycles. The monoisotopic (exact) mass is 421 g/mol. The van der Waals surface area contributed by atoms with Crippen LogP contribution in [0.3, 0.4) is 0 Å². The number of nitrogens with two attached hydrogens (primary N) is 2. The van der Waals surface area contributed by atoms with Crippen LogP contribution in [0.25, 0.3) is 16.8 Å². The van der Waals surface area contributed by atoms with Crippen LogP contribution in [0.4, 0.5) is 5.69 Å². The highest BCUT2D eigenvalue weighted by Crippen LogP contribution is 2.34. The molecule has 0 fully saturated rings. The van der Waals surface area contributed by atoms with E-state index in [1.165, 1.54) is 0 Å². The number of hydrogen-bond acceptors (Lipinski definition) is 5. The lowest BCUT2D eigenvalue weighted by molar-refractivity contribution is 0.143. The first-order chi connectivity index (χ1) is 15.4. The van der Waals surface area contributed by atoms with Crippen molar-refractivity contribution in [2.24, 2.45) is 5.73 Å². The van der Waals surface area contributed by atoms with Gasteiger partial charge in [0.05, 0.1) is 28.6 Å². The summed E-state index contributed by atoms with van der Waals surface area (Å²) in [5.41, 5.74) is 15.7. The lowest BCUT2D eigenvalue weighted by Gasteiger charge is -2.29. The van der Waals surface area contributed by atoms with Crippen LogP contribution in [-0.2, 0) is 0 Å². The fourth-order valence-corrected chi connectivity index (χ4v) is 3.68. The molecule has 5 N–H and O–H groups in total. The molecule has 1 atom stereocenters. The van der Waals surface area contributed by atoms with Crippen LogP contribution in [0.1, 0.15) is 30.2 Å². The van der Waals surface area contributed by atoms with Gasteiger partial charge in [-0.3, -0.25) is 5.41 Å². The van der Waals surface area contributed by atoms with Gasteiger partial charge in [-0.2, -0.15) is 5.26 Å². The van der Waals surface area contributed by atoms with E-state index in [1.807, 2.05) is 61.5 Å². The SMILES string of the molecule is CC1(Oc2ccccc2)C=CC(c2nc(-c3cccc(C#N)c3)cc(N)c2C(=N)N)=CC1. The van der Waals surface area contributed by atoms with Crippen LogP contribution in [0.2, 0.25) is 0 Å². The van der Waals surface area contributed by atoms with Crippen molar-refractivity contribution >= 4 is 17.1 Å². The van der Waals surface area contributed by atoms with E-state index < -0.39 is 5.60 Å². The summed E-state index contributed by atoms with van der Waals surface area (Å²) in [6.07, 6.45) is 6.55. The molecule has 158 valence electrons. The summed E-state index contributed by atoms with van der Waals surface area (Å²) < 4.78 is 6.17. The average Bonchev–Trinajstić information content (AvgIpc) is 2.79. The van der Waals surface area contributed by atoms with Gasteiger partial charge in [-0.05, 0) is 48.9 Å². The van der Waals surface area contributed by atoms with E-state index in [1.54, 1.807) is 24.3 Å². The number of pyridine rings is 1. The van der Waals surface area contributed by atoms with Gasteiger partial charge in [0.15, 0.2) is 0 Å². The Balaban J connectivity index is 1.72. The summed E-state index contributed by atoms with van der Waals surface area (Å²) in [5.74, 6) is 0.646. The number of nitrogens with one attached hydrogen (secondary N) is 1. The second-order valence-corrected chi connectivity index (χ2v) is 7.85. The van der Waals surface area contributed by atoms with Crippen LogP contribution in [0.5, 0.6) is 5.75 Å². The summed E-state index contributed by atoms with van der Waals surface area (Å²) in [7, 11) is 0. The molecule has 1 heterocycles. The number of aromatic nitrogens is 1. The minimum atomic E-state index is -0.508. The fourth-order valence-electron chi connectivity index (χ4n) is 3.68. The Labute approximate surface area is 187 Å². The summed E-state index contributed by atoms with van der Waals surface area (Å²) in [5, 5.41) is 17.3. The van der Waals surface area contributed by atoms with Crippen molar-refractivity contribution in [1.29, 1.82) is 10.7 Å². The maximum absolute atomic E-state index is 9.22.